The molecule has 4 heteroatoms. The molecule has 0 saturated carbocycles. The van der Waals surface area contributed by atoms with E-state index in [4.69, 9.17) is 0 Å². The van der Waals surface area contributed by atoms with Crippen LogP contribution in [-0.2, 0) is 0 Å². The Morgan fingerprint density at radius 1 is 1.11 bits per heavy atom. The van der Waals surface area contributed by atoms with Gasteiger partial charge in [0.1, 0.15) is 11.0 Å². The smallest absolute Gasteiger partial charge is 0.124 e. The topological polar surface area (TPSA) is 40.3 Å². The molecule has 0 amide bonds. The van der Waals surface area contributed by atoms with Gasteiger partial charge in [0.2, 0.25) is 0 Å². The molecule has 0 aliphatic carbocycles. The zero-order valence-corrected chi connectivity index (χ0v) is 11.9. The molecule has 4 nitrogen and oxygen atoms in total. The van der Waals surface area contributed by atoms with Crippen LogP contribution in [0.3, 0.4) is 0 Å². The number of anilines is 1. The van der Waals surface area contributed by atoms with Crippen LogP contribution < -0.4 is 15.5 Å². The number of hydrogen-bond donors (Lipinski definition) is 0. The molecule has 1 aromatic carbocycles. The molecule has 1 aliphatic heterocycles. The van der Waals surface area contributed by atoms with E-state index in [9.17, 15) is 0 Å². The molecule has 0 aromatic heterocycles. The van der Waals surface area contributed by atoms with Crippen LogP contribution >= 0.6 is 0 Å². The molecule has 0 spiro atoms. The van der Waals surface area contributed by atoms with E-state index in [2.05, 4.69) is 46.8 Å². The number of unbranched alkanes of at least 4 members (excludes halogenated alkanes) is 2. The predicted molar refractivity (Wildman–Crippen MR) is 79.3 cm³/mol. The highest BCUT2D eigenvalue weighted by Gasteiger charge is 2.11. The molecule has 0 fully saturated rings. The van der Waals surface area contributed by atoms with Gasteiger partial charge in [-0.05, 0) is 30.2 Å². The third-order valence-corrected chi connectivity index (χ3v) is 3.44. The van der Waals surface area contributed by atoms with Crippen molar-refractivity contribution < 1.29 is 0 Å². The lowest BCUT2D eigenvalue weighted by atomic mass is 10.1. The molecule has 0 atom stereocenters. The van der Waals surface area contributed by atoms with Crippen LogP contribution in [0.2, 0.25) is 0 Å². The summed E-state index contributed by atoms with van der Waals surface area (Å²) in [6.45, 7) is 10.8. The summed E-state index contributed by atoms with van der Waals surface area (Å²) in [6, 6.07) is 4.09. The van der Waals surface area contributed by atoms with Crippen LogP contribution in [0.5, 0.6) is 0 Å². The second kappa shape index (κ2) is 6.45. The normalized spacial score (nSPS) is 12.3. The van der Waals surface area contributed by atoms with Crippen molar-refractivity contribution >= 4 is 18.0 Å². The van der Waals surface area contributed by atoms with Gasteiger partial charge in [0.05, 0.1) is 0 Å². The van der Waals surface area contributed by atoms with Gasteiger partial charge in [0, 0.05) is 24.0 Å². The summed E-state index contributed by atoms with van der Waals surface area (Å²) in [5.41, 5.74) is 2.01. The first-order valence-corrected chi connectivity index (χ1v) is 7.13. The standard InChI is InChI=1S/C15H22N4/c1-4-6-10-19(11-7-5-2)14-9-8-13-15(12(14)3)17-18-16-13/h8-9H,3-7,10-11H2,1-2H3. The minimum Gasteiger partial charge on any atom is -0.371 e. The number of nitrogens with zero attached hydrogens (tertiary/aromatic N) is 4. The lowest BCUT2D eigenvalue weighted by Gasteiger charge is -2.25. The molecular formula is C15H22N4. The Bertz CT molecular complexity index is 554. The van der Waals surface area contributed by atoms with Gasteiger partial charge < -0.3 is 4.90 Å². The zero-order chi connectivity index (χ0) is 13.7. The Morgan fingerprint density at radius 3 is 2.42 bits per heavy atom. The first-order chi connectivity index (χ1) is 9.27. The Morgan fingerprint density at radius 2 is 1.79 bits per heavy atom. The van der Waals surface area contributed by atoms with Gasteiger partial charge >= 0.3 is 0 Å². The van der Waals surface area contributed by atoms with E-state index in [-0.39, 0.29) is 0 Å². The fourth-order valence-corrected chi connectivity index (χ4v) is 2.27. The zero-order valence-electron chi connectivity index (χ0n) is 11.9. The monoisotopic (exact) mass is 258 g/mol. The minimum atomic E-state index is 0.829. The quantitative estimate of drug-likeness (QED) is 0.740. The number of fused-ring (bicyclic) bond motifs is 1. The fourth-order valence-electron chi connectivity index (χ4n) is 2.27. The van der Waals surface area contributed by atoms with E-state index in [1.54, 1.807) is 0 Å². The highest BCUT2D eigenvalue weighted by Crippen LogP contribution is 2.15. The SMILES string of the molecule is C=c1c(N(CCCC)CCCC)ccc2c1=NN=N2. The second-order valence-electron chi connectivity index (χ2n) is 4.91. The van der Waals surface area contributed by atoms with Crippen molar-refractivity contribution in [3.63, 3.8) is 0 Å². The maximum atomic E-state index is 4.17. The summed E-state index contributed by atoms with van der Waals surface area (Å²) in [5, 5.41) is 13.6. The molecule has 1 heterocycles. The van der Waals surface area contributed by atoms with Gasteiger partial charge in [-0.3, -0.25) is 0 Å². The van der Waals surface area contributed by atoms with Crippen molar-refractivity contribution in [3.05, 3.63) is 22.7 Å². The molecule has 102 valence electrons. The summed E-state index contributed by atoms with van der Waals surface area (Å²) in [7, 11) is 0. The maximum Gasteiger partial charge on any atom is 0.124 e. The third kappa shape index (κ3) is 3.00. The molecule has 0 bridgehead atoms. The molecular weight excluding hydrogens is 236 g/mol. The van der Waals surface area contributed by atoms with E-state index in [1.807, 2.05) is 6.07 Å². The number of hydrogen-bond acceptors (Lipinski definition) is 4. The molecule has 0 unspecified atom stereocenters. The van der Waals surface area contributed by atoms with Crippen LogP contribution in [-0.4, -0.2) is 13.1 Å². The molecule has 0 N–H and O–H groups in total. The van der Waals surface area contributed by atoms with Crippen LogP contribution in [0.1, 0.15) is 39.5 Å². The van der Waals surface area contributed by atoms with Gasteiger partial charge in [-0.15, -0.1) is 10.2 Å². The highest BCUT2D eigenvalue weighted by atomic mass is 15.4. The van der Waals surface area contributed by atoms with Crippen molar-refractivity contribution in [1.82, 2.24) is 0 Å². The molecule has 1 aromatic rings. The van der Waals surface area contributed by atoms with E-state index >= 15 is 0 Å². The maximum absolute atomic E-state index is 4.17. The van der Waals surface area contributed by atoms with Crippen molar-refractivity contribution in [1.29, 1.82) is 0 Å². The van der Waals surface area contributed by atoms with Crippen LogP contribution in [0.15, 0.2) is 27.6 Å². The minimum absolute atomic E-state index is 0.829. The molecule has 0 radical (unpaired) electrons. The summed E-state index contributed by atoms with van der Waals surface area (Å²) >= 11 is 0. The van der Waals surface area contributed by atoms with Crippen molar-refractivity contribution in [3.8, 4) is 0 Å². The summed E-state index contributed by atoms with van der Waals surface area (Å²) < 4.78 is 0. The van der Waals surface area contributed by atoms with Gasteiger partial charge in [-0.1, -0.05) is 33.3 Å². The first-order valence-electron chi connectivity index (χ1n) is 7.13. The Balaban J connectivity index is 2.29. The lowest BCUT2D eigenvalue weighted by molar-refractivity contribution is 0.676. The number of rotatable bonds is 7. The fraction of sp³-hybridized carbons (Fsp3) is 0.533. The summed E-state index contributed by atoms with van der Waals surface area (Å²) in [6.07, 6.45) is 4.81. The molecule has 2 rings (SSSR count). The average molecular weight is 258 g/mol. The highest BCUT2D eigenvalue weighted by molar-refractivity contribution is 5.54. The van der Waals surface area contributed by atoms with Crippen molar-refractivity contribution in [2.45, 2.75) is 39.5 Å². The van der Waals surface area contributed by atoms with E-state index in [0.29, 0.717) is 0 Å². The third-order valence-electron chi connectivity index (χ3n) is 3.44. The Kier molecular flexibility index (Phi) is 4.66. The summed E-state index contributed by atoms with van der Waals surface area (Å²) in [4.78, 5) is 2.42. The second-order valence-corrected chi connectivity index (χ2v) is 4.91. The van der Waals surface area contributed by atoms with Crippen molar-refractivity contribution in [2.75, 3.05) is 18.0 Å². The van der Waals surface area contributed by atoms with Crippen LogP contribution in [0.25, 0.3) is 6.58 Å². The van der Waals surface area contributed by atoms with Crippen LogP contribution in [0.4, 0.5) is 11.4 Å². The largest absolute Gasteiger partial charge is 0.371 e. The van der Waals surface area contributed by atoms with E-state index in [1.165, 1.54) is 31.4 Å². The first kappa shape index (κ1) is 13.7. The van der Waals surface area contributed by atoms with E-state index in [0.717, 1.165) is 29.4 Å². The Hall–Kier alpha value is -1.71. The average Bonchev–Trinajstić information content (AvgIpc) is 2.89. The van der Waals surface area contributed by atoms with Crippen molar-refractivity contribution in [2.24, 2.45) is 15.4 Å². The van der Waals surface area contributed by atoms with Gasteiger partial charge in [0.15, 0.2) is 0 Å². The molecule has 1 aliphatic rings. The summed E-state index contributed by atoms with van der Waals surface area (Å²) in [5.74, 6) is 0. The van der Waals surface area contributed by atoms with Crippen LogP contribution in [0, 0.1) is 0 Å². The van der Waals surface area contributed by atoms with E-state index < -0.39 is 0 Å². The Labute approximate surface area is 114 Å². The number of benzene rings is 1. The molecule has 19 heavy (non-hydrogen) atoms. The van der Waals surface area contributed by atoms with Gasteiger partial charge in [-0.2, -0.15) is 0 Å². The van der Waals surface area contributed by atoms with Gasteiger partial charge in [-0.25, -0.2) is 0 Å². The van der Waals surface area contributed by atoms with Gasteiger partial charge in [0.25, 0.3) is 0 Å². The predicted octanol–water partition coefficient (Wildman–Crippen LogP) is 3.14. The molecule has 0 saturated heterocycles. The lowest BCUT2D eigenvalue weighted by Crippen LogP contribution is -2.35.